The molecule has 0 saturated heterocycles. The number of rotatable bonds is 5. The number of H-pyrrole nitrogens is 1. The topological polar surface area (TPSA) is 86.3 Å². The van der Waals surface area contributed by atoms with Crippen molar-refractivity contribution >= 4 is 29.2 Å². The molecule has 1 aromatic heterocycles. The summed E-state index contributed by atoms with van der Waals surface area (Å²) in [6, 6.07) is 8.09. The Kier molecular flexibility index (Phi) is 4.37. The van der Waals surface area contributed by atoms with E-state index in [-0.39, 0.29) is 12.3 Å². The van der Waals surface area contributed by atoms with Crippen LogP contribution in [0.4, 0.5) is 5.69 Å². The molecule has 0 fully saturated rings. The van der Waals surface area contributed by atoms with Gasteiger partial charge in [0.05, 0.1) is 6.42 Å². The number of hydrogen-bond donors (Lipinski definition) is 2. The Balaban J connectivity index is 2.20. The van der Waals surface area contributed by atoms with E-state index in [4.69, 9.17) is 16.7 Å². The zero-order chi connectivity index (χ0) is 14.5. The summed E-state index contributed by atoms with van der Waals surface area (Å²) in [6.45, 7) is -0.408. The van der Waals surface area contributed by atoms with Gasteiger partial charge in [0.1, 0.15) is 6.54 Å². The van der Waals surface area contributed by atoms with Crippen LogP contribution in [0.1, 0.15) is 5.69 Å². The van der Waals surface area contributed by atoms with Crippen LogP contribution in [0, 0.1) is 0 Å². The molecule has 0 aliphatic heterocycles. The number of hydrogen-bond acceptors (Lipinski definition) is 3. The third-order valence-corrected chi connectivity index (χ3v) is 2.88. The highest BCUT2D eigenvalue weighted by molar-refractivity contribution is 6.30. The highest BCUT2D eigenvalue weighted by atomic mass is 35.5. The van der Waals surface area contributed by atoms with Gasteiger partial charge < -0.3 is 10.0 Å². The largest absolute Gasteiger partial charge is 0.480 e. The second-order valence-electron chi connectivity index (χ2n) is 4.11. The monoisotopic (exact) mass is 293 g/mol. The van der Waals surface area contributed by atoms with Gasteiger partial charge in [-0.25, -0.2) is 0 Å². The number of aliphatic carboxylic acids is 1. The Hall–Kier alpha value is -2.34. The summed E-state index contributed by atoms with van der Waals surface area (Å²) >= 11 is 5.78. The molecular weight excluding hydrogens is 282 g/mol. The fourth-order valence-electron chi connectivity index (χ4n) is 1.72. The Morgan fingerprint density at radius 1 is 1.25 bits per heavy atom. The second kappa shape index (κ2) is 6.21. The van der Waals surface area contributed by atoms with Crippen LogP contribution < -0.4 is 4.90 Å². The van der Waals surface area contributed by atoms with E-state index in [0.29, 0.717) is 16.4 Å². The molecule has 7 heteroatoms. The number of carboxylic acid groups (broad SMARTS) is 1. The van der Waals surface area contributed by atoms with Crippen molar-refractivity contribution in [2.45, 2.75) is 6.42 Å². The maximum atomic E-state index is 12.2. The SMILES string of the molecule is O=C(O)CN(C(=O)Cc1ccn[nH]1)c1ccc(Cl)cc1. The zero-order valence-corrected chi connectivity index (χ0v) is 11.2. The van der Waals surface area contributed by atoms with Crippen LogP contribution >= 0.6 is 11.6 Å². The third-order valence-electron chi connectivity index (χ3n) is 2.63. The van der Waals surface area contributed by atoms with E-state index in [0.717, 1.165) is 0 Å². The Labute approximate surface area is 120 Å². The van der Waals surface area contributed by atoms with Crippen molar-refractivity contribution in [3.05, 3.63) is 47.2 Å². The molecule has 0 bridgehead atoms. The molecule has 20 heavy (non-hydrogen) atoms. The number of amides is 1. The van der Waals surface area contributed by atoms with Crippen LogP contribution in [0.25, 0.3) is 0 Å². The lowest BCUT2D eigenvalue weighted by Gasteiger charge is -2.20. The molecule has 2 aromatic rings. The van der Waals surface area contributed by atoms with Gasteiger partial charge in [-0.3, -0.25) is 14.7 Å². The summed E-state index contributed by atoms with van der Waals surface area (Å²) < 4.78 is 0. The van der Waals surface area contributed by atoms with Crippen molar-refractivity contribution in [2.24, 2.45) is 0 Å². The molecule has 6 nitrogen and oxygen atoms in total. The van der Waals surface area contributed by atoms with Gasteiger partial charge in [0.2, 0.25) is 5.91 Å². The van der Waals surface area contributed by atoms with E-state index in [1.807, 2.05) is 0 Å². The first-order chi connectivity index (χ1) is 9.56. The molecule has 2 N–H and O–H groups in total. The van der Waals surface area contributed by atoms with Crippen molar-refractivity contribution in [1.29, 1.82) is 0 Å². The lowest BCUT2D eigenvalue weighted by atomic mass is 10.2. The highest BCUT2D eigenvalue weighted by Crippen LogP contribution is 2.18. The van der Waals surface area contributed by atoms with Gasteiger partial charge in [-0.1, -0.05) is 11.6 Å². The average molecular weight is 294 g/mol. The molecule has 1 heterocycles. The first kappa shape index (κ1) is 14.1. The van der Waals surface area contributed by atoms with Gasteiger partial charge in [0, 0.05) is 22.6 Å². The third kappa shape index (κ3) is 3.58. The molecule has 0 unspecified atom stereocenters. The molecule has 0 spiro atoms. The lowest BCUT2D eigenvalue weighted by Crippen LogP contribution is -2.36. The predicted molar refractivity (Wildman–Crippen MR) is 73.7 cm³/mol. The normalized spacial score (nSPS) is 10.2. The van der Waals surface area contributed by atoms with E-state index in [2.05, 4.69) is 10.2 Å². The number of halogens is 1. The number of benzene rings is 1. The number of carbonyl (C=O) groups is 2. The highest BCUT2D eigenvalue weighted by Gasteiger charge is 2.19. The number of aromatic amines is 1. The maximum absolute atomic E-state index is 12.2. The minimum absolute atomic E-state index is 0.0515. The maximum Gasteiger partial charge on any atom is 0.323 e. The number of anilines is 1. The van der Waals surface area contributed by atoms with E-state index in [1.165, 1.54) is 11.1 Å². The fraction of sp³-hybridized carbons (Fsp3) is 0.154. The van der Waals surface area contributed by atoms with Crippen LogP contribution in [0.3, 0.4) is 0 Å². The van der Waals surface area contributed by atoms with Crippen LogP contribution in [-0.4, -0.2) is 33.7 Å². The van der Waals surface area contributed by atoms with Gasteiger partial charge in [-0.2, -0.15) is 5.10 Å². The molecule has 1 aromatic carbocycles. The number of nitrogens with zero attached hydrogens (tertiary/aromatic N) is 2. The summed E-state index contributed by atoms with van der Waals surface area (Å²) in [5, 5.41) is 15.9. The molecule has 0 saturated carbocycles. The minimum Gasteiger partial charge on any atom is -0.480 e. The summed E-state index contributed by atoms with van der Waals surface area (Å²) in [5.41, 5.74) is 1.11. The quantitative estimate of drug-likeness (QED) is 0.879. The van der Waals surface area contributed by atoms with Crippen LogP contribution in [0.2, 0.25) is 5.02 Å². The van der Waals surface area contributed by atoms with Crippen LogP contribution in [0.5, 0.6) is 0 Å². The van der Waals surface area contributed by atoms with Crippen molar-refractivity contribution in [1.82, 2.24) is 10.2 Å². The van der Waals surface area contributed by atoms with Gasteiger partial charge in [-0.15, -0.1) is 0 Å². The number of aromatic nitrogens is 2. The van der Waals surface area contributed by atoms with Crippen molar-refractivity contribution in [2.75, 3.05) is 11.4 Å². The zero-order valence-electron chi connectivity index (χ0n) is 10.4. The second-order valence-corrected chi connectivity index (χ2v) is 4.55. The Morgan fingerprint density at radius 3 is 2.50 bits per heavy atom. The molecular formula is C13H12ClN3O3. The summed E-state index contributed by atoms with van der Waals surface area (Å²) in [7, 11) is 0. The predicted octanol–water partition coefficient (Wildman–Crippen LogP) is 1.72. The Morgan fingerprint density at radius 2 is 1.95 bits per heavy atom. The van der Waals surface area contributed by atoms with E-state index >= 15 is 0 Å². The smallest absolute Gasteiger partial charge is 0.323 e. The number of carboxylic acids is 1. The Bertz CT molecular complexity index is 596. The van der Waals surface area contributed by atoms with Gasteiger partial charge >= 0.3 is 5.97 Å². The first-order valence-corrected chi connectivity index (χ1v) is 6.20. The van der Waals surface area contributed by atoms with Gasteiger partial charge in [0.25, 0.3) is 0 Å². The molecule has 0 atom stereocenters. The van der Waals surface area contributed by atoms with Crippen LogP contribution in [0.15, 0.2) is 36.5 Å². The van der Waals surface area contributed by atoms with E-state index in [1.54, 1.807) is 30.3 Å². The molecule has 1 amide bonds. The number of carbonyl (C=O) groups excluding carboxylic acids is 1. The molecule has 0 radical (unpaired) electrons. The summed E-state index contributed by atoms with van der Waals surface area (Å²) in [4.78, 5) is 24.3. The molecule has 2 rings (SSSR count). The van der Waals surface area contributed by atoms with Crippen LogP contribution in [-0.2, 0) is 16.0 Å². The average Bonchev–Trinajstić information content (AvgIpc) is 2.89. The molecule has 0 aliphatic rings. The lowest BCUT2D eigenvalue weighted by molar-refractivity contribution is -0.136. The van der Waals surface area contributed by atoms with Gasteiger partial charge in [-0.05, 0) is 30.3 Å². The summed E-state index contributed by atoms with van der Waals surface area (Å²) in [5.74, 6) is -1.42. The van der Waals surface area contributed by atoms with Gasteiger partial charge in [0.15, 0.2) is 0 Å². The minimum atomic E-state index is -1.09. The van der Waals surface area contributed by atoms with E-state index < -0.39 is 12.5 Å². The molecule has 0 aliphatic carbocycles. The number of nitrogens with one attached hydrogen (secondary N) is 1. The molecule has 104 valence electrons. The fourth-order valence-corrected chi connectivity index (χ4v) is 1.85. The van der Waals surface area contributed by atoms with Crippen molar-refractivity contribution in [3.8, 4) is 0 Å². The van der Waals surface area contributed by atoms with E-state index in [9.17, 15) is 9.59 Å². The van der Waals surface area contributed by atoms with Crippen molar-refractivity contribution < 1.29 is 14.7 Å². The van der Waals surface area contributed by atoms with Crippen molar-refractivity contribution in [3.63, 3.8) is 0 Å². The standard InChI is InChI=1S/C13H12ClN3O3/c14-9-1-3-11(4-2-9)17(8-13(19)20)12(18)7-10-5-6-15-16-10/h1-6H,7-8H2,(H,15,16)(H,19,20). The summed E-state index contributed by atoms with van der Waals surface area (Å²) in [6.07, 6.45) is 1.59. The first-order valence-electron chi connectivity index (χ1n) is 5.82.